The van der Waals surface area contributed by atoms with Crippen molar-refractivity contribution in [2.24, 2.45) is 0 Å². The quantitative estimate of drug-likeness (QED) is 0.281. The van der Waals surface area contributed by atoms with Crippen molar-refractivity contribution in [2.75, 3.05) is 13.2 Å². The fourth-order valence-electron chi connectivity index (χ4n) is 0.829. The highest BCUT2D eigenvalue weighted by Crippen LogP contribution is 2.25. The first kappa shape index (κ1) is 15.9. The zero-order valence-corrected chi connectivity index (χ0v) is 8.93. The van der Waals surface area contributed by atoms with E-state index in [0.717, 1.165) is 0 Å². The maximum atomic E-state index is 10.0. The lowest BCUT2D eigenvalue weighted by Crippen LogP contribution is -2.47. The number of phosphoric ester groups is 1. The summed E-state index contributed by atoms with van der Waals surface area (Å²) in [7, 11) is -5.28. The van der Waals surface area contributed by atoms with E-state index in [1.165, 1.54) is 0 Å². The van der Waals surface area contributed by atoms with Gasteiger partial charge in [0.1, 0.15) is 24.4 Å². The Morgan fingerprint density at radius 2 is 1.50 bits per heavy atom. The van der Waals surface area contributed by atoms with E-state index in [2.05, 4.69) is 4.52 Å². The number of aliphatic hydroxyl groups is 5. The number of hydrogen-bond donors (Lipinski definition) is 5. The van der Waals surface area contributed by atoms with Gasteiger partial charge in [0, 0.05) is 0 Å². The highest BCUT2D eigenvalue weighted by atomic mass is 31.2. The van der Waals surface area contributed by atoms with E-state index in [-0.39, 0.29) is 0 Å². The number of hydrogen-bond acceptors (Lipinski definition) is 9. The molecule has 0 saturated carbocycles. The molecular formula is C6H13O9P-2. The molecule has 0 amide bonds. The molecule has 0 spiro atoms. The summed E-state index contributed by atoms with van der Waals surface area (Å²) in [5.41, 5.74) is 0. The average Bonchev–Trinajstić information content (AvgIpc) is 2.21. The van der Waals surface area contributed by atoms with Gasteiger partial charge < -0.3 is 44.4 Å². The molecule has 9 nitrogen and oxygen atoms in total. The van der Waals surface area contributed by atoms with Crippen LogP contribution in [0.2, 0.25) is 0 Å². The first-order valence-electron chi connectivity index (χ1n) is 4.18. The van der Waals surface area contributed by atoms with Gasteiger partial charge in [0.15, 0.2) is 0 Å². The van der Waals surface area contributed by atoms with Crippen molar-refractivity contribution in [3.05, 3.63) is 0 Å². The molecule has 0 rings (SSSR count). The Morgan fingerprint density at radius 1 is 1.06 bits per heavy atom. The van der Waals surface area contributed by atoms with E-state index in [4.69, 9.17) is 25.5 Å². The molecule has 0 bridgehead atoms. The number of aliphatic hydroxyl groups excluding tert-OH is 5. The summed E-state index contributed by atoms with van der Waals surface area (Å²) in [5.74, 6) is 0. The Labute approximate surface area is 90.8 Å². The Bertz CT molecular complexity index is 240. The number of phosphoric acid groups is 1. The van der Waals surface area contributed by atoms with Gasteiger partial charge in [-0.1, -0.05) is 0 Å². The molecule has 4 atom stereocenters. The summed E-state index contributed by atoms with van der Waals surface area (Å²) in [6.45, 7) is -1.92. The Morgan fingerprint density at radius 3 is 1.88 bits per heavy atom. The normalized spacial score (nSPS) is 20.2. The minimum absolute atomic E-state index is 0.868. The maximum absolute atomic E-state index is 10.0. The maximum Gasteiger partial charge on any atom is 0.111 e. The lowest BCUT2D eigenvalue weighted by molar-refractivity contribution is -0.343. The SMILES string of the molecule is O=P([O-])([O-])OC[C@H](O)[C@@H](O)[C@H](O)[C@H](O)CO. The smallest absolute Gasteiger partial charge is 0.111 e. The summed E-state index contributed by atoms with van der Waals surface area (Å²) in [6, 6.07) is 0. The molecule has 0 saturated heterocycles. The first-order valence-corrected chi connectivity index (χ1v) is 5.65. The van der Waals surface area contributed by atoms with Crippen molar-refractivity contribution >= 4 is 7.82 Å². The zero-order chi connectivity index (χ0) is 12.9. The molecule has 0 fully saturated rings. The van der Waals surface area contributed by atoms with Crippen LogP contribution in [0.5, 0.6) is 0 Å². The molecule has 0 aromatic heterocycles. The van der Waals surface area contributed by atoms with Crippen molar-refractivity contribution in [1.29, 1.82) is 0 Å². The van der Waals surface area contributed by atoms with Gasteiger partial charge in [-0.25, -0.2) is 0 Å². The van der Waals surface area contributed by atoms with Crippen LogP contribution in [0.3, 0.4) is 0 Å². The summed E-state index contributed by atoms with van der Waals surface area (Å²) in [4.78, 5) is 20.0. The van der Waals surface area contributed by atoms with Crippen LogP contribution in [-0.4, -0.2) is 63.2 Å². The van der Waals surface area contributed by atoms with Crippen molar-refractivity contribution in [2.45, 2.75) is 24.4 Å². The fraction of sp³-hybridized carbons (Fsp3) is 1.00. The molecule has 5 N–H and O–H groups in total. The van der Waals surface area contributed by atoms with Crippen LogP contribution in [0.4, 0.5) is 0 Å². The van der Waals surface area contributed by atoms with Gasteiger partial charge >= 0.3 is 0 Å². The summed E-state index contributed by atoms with van der Waals surface area (Å²) in [5, 5.41) is 44.6. The molecule has 98 valence electrons. The molecular weight excluding hydrogens is 247 g/mol. The van der Waals surface area contributed by atoms with Gasteiger partial charge in [0.25, 0.3) is 0 Å². The molecule has 0 aliphatic carbocycles. The monoisotopic (exact) mass is 260 g/mol. The molecule has 10 heteroatoms. The molecule has 0 aromatic carbocycles. The largest absolute Gasteiger partial charge is 0.790 e. The van der Waals surface area contributed by atoms with Crippen LogP contribution in [0.15, 0.2) is 0 Å². The van der Waals surface area contributed by atoms with Crippen molar-refractivity contribution in [1.82, 2.24) is 0 Å². The van der Waals surface area contributed by atoms with Gasteiger partial charge in [-0.05, 0) is 0 Å². The van der Waals surface area contributed by atoms with Crippen LogP contribution >= 0.6 is 7.82 Å². The third-order valence-corrected chi connectivity index (χ3v) is 2.19. The third-order valence-electron chi connectivity index (χ3n) is 1.73. The van der Waals surface area contributed by atoms with Crippen LogP contribution < -0.4 is 9.79 Å². The standard InChI is InChI=1S/C6H15O9P/c7-1-3(8)5(10)6(11)4(9)2-15-16(12,13)14/h3-11H,1-2H2,(H2,12,13,14)/p-2/t3-,4+,5-,6-/m1/s1. The highest BCUT2D eigenvalue weighted by molar-refractivity contribution is 7.43. The lowest BCUT2D eigenvalue weighted by Gasteiger charge is -2.31. The topological polar surface area (TPSA) is 174 Å². The summed E-state index contributed by atoms with van der Waals surface area (Å²) < 4.78 is 13.7. The molecule has 0 heterocycles. The van der Waals surface area contributed by atoms with Gasteiger partial charge in [-0.2, -0.15) is 0 Å². The second-order valence-electron chi connectivity index (χ2n) is 3.04. The first-order chi connectivity index (χ1) is 7.19. The minimum Gasteiger partial charge on any atom is -0.790 e. The second-order valence-corrected chi connectivity index (χ2v) is 4.19. The van der Waals surface area contributed by atoms with Gasteiger partial charge in [-0.3, -0.25) is 0 Å². The Hall–Kier alpha value is -0.0900. The molecule has 16 heavy (non-hydrogen) atoms. The molecule has 0 aromatic rings. The second kappa shape index (κ2) is 6.60. The van der Waals surface area contributed by atoms with E-state index < -0.39 is 45.5 Å². The van der Waals surface area contributed by atoms with E-state index in [0.29, 0.717) is 0 Å². The summed E-state index contributed by atoms with van der Waals surface area (Å²) >= 11 is 0. The third kappa shape index (κ3) is 5.85. The van der Waals surface area contributed by atoms with Crippen molar-refractivity contribution < 1.29 is 44.4 Å². The zero-order valence-electron chi connectivity index (χ0n) is 8.04. The van der Waals surface area contributed by atoms with E-state index >= 15 is 0 Å². The van der Waals surface area contributed by atoms with Gasteiger partial charge in [0.2, 0.25) is 0 Å². The van der Waals surface area contributed by atoms with Crippen LogP contribution in [-0.2, 0) is 9.09 Å². The fourth-order valence-corrected chi connectivity index (χ4v) is 1.16. The van der Waals surface area contributed by atoms with E-state index in [9.17, 15) is 14.4 Å². The molecule has 0 unspecified atom stereocenters. The van der Waals surface area contributed by atoms with E-state index in [1.54, 1.807) is 0 Å². The van der Waals surface area contributed by atoms with Gasteiger partial charge in [-0.15, -0.1) is 0 Å². The molecule has 0 aliphatic heterocycles. The van der Waals surface area contributed by atoms with Crippen LogP contribution in [0, 0.1) is 0 Å². The minimum atomic E-state index is -5.28. The van der Waals surface area contributed by atoms with Crippen molar-refractivity contribution in [3.8, 4) is 0 Å². The Balaban J connectivity index is 4.17. The number of rotatable bonds is 7. The van der Waals surface area contributed by atoms with Crippen LogP contribution in [0.1, 0.15) is 0 Å². The average molecular weight is 260 g/mol. The molecule has 0 radical (unpaired) electrons. The summed E-state index contributed by atoms with van der Waals surface area (Å²) in [6.07, 6.45) is -7.47. The Kier molecular flexibility index (Phi) is 6.56. The van der Waals surface area contributed by atoms with Gasteiger partial charge in [0.05, 0.1) is 21.0 Å². The van der Waals surface area contributed by atoms with Crippen LogP contribution in [0.25, 0.3) is 0 Å². The lowest BCUT2D eigenvalue weighted by atomic mass is 10.0. The highest BCUT2D eigenvalue weighted by Gasteiger charge is 2.30. The van der Waals surface area contributed by atoms with Crippen molar-refractivity contribution in [3.63, 3.8) is 0 Å². The molecule has 0 aliphatic rings. The predicted octanol–water partition coefficient (Wildman–Crippen LogP) is -4.73. The predicted molar refractivity (Wildman–Crippen MR) is 44.7 cm³/mol. The van der Waals surface area contributed by atoms with E-state index in [1.807, 2.05) is 0 Å².